The maximum absolute atomic E-state index is 11.7. The van der Waals surface area contributed by atoms with Crippen molar-refractivity contribution in [3.63, 3.8) is 0 Å². The van der Waals surface area contributed by atoms with Crippen molar-refractivity contribution in [1.82, 2.24) is 24.9 Å². The van der Waals surface area contributed by atoms with E-state index in [9.17, 15) is 14.9 Å². The van der Waals surface area contributed by atoms with Gasteiger partial charge in [-0.2, -0.15) is 9.78 Å². The summed E-state index contributed by atoms with van der Waals surface area (Å²) in [5, 5.41) is 21.8. The number of hydrogen-bond donors (Lipinski definition) is 1. The van der Waals surface area contributed by atoms with E-state index >= 15 is 0 Å². The molecule has 0 bridgehead atoms. The summed E-state index contributed by atoms with van der Waals surface area (Å²) in [6.45, 7) is 2.60. The van der Waals surface area contributed by atoms with E-state index in [1.54, 1.807) is 11.6 Å². The molecule has 0 aliphatic heterocycles. The van der Waals surface area contributed by atoms with E-state index in [1.807, 2.05) is 0 Å². The molecule has 0 fully saturated rings. The fraction of sp³-hybridized carbons (Fsp3) is 0.417. The Labute approximate surface area is 141 Å². The zero-order chi connectivity index (χ0) is 17.0. The molecular formula is C12H14Cl2N6O3. The molecule has 1 N–H and O–H groups in total. The molecule has 0 atom stereocenters. The first kappa shape index (κ1) is 17.2. The van der Waals surface area contributed by atoms with E-state index in [0.29, 0.717) is 35.4 Å². The molecule has 11 heteroatoms. The minimum atomic E-state index is -0.616. The SMILES string of the molecule is Cc1nn(CCCNC(=O)Cn2ccc([N+](=O)[O-])n2)c(Cl)c1Cl. The molecule has 1 amide bonds. The summed E-state index contributed by atoms with van der Waals surface area (Å²) in [6, 6.07) is 1.24. The van der Waals surface area contributed by atoms with E-state index in [-0.39, 0.29) is 18.3 Å². The average molecular weight is 361 g/mol. The summed E-state index contributed by atoms with van der Waals surface area (Å²) in [5.74, 6) is -0.581. The molecular weight excluding hydrogens is 347 g/mol. The van der Waals surface area contributed by atoms with Gasteiger partial charge in [-0.3, -0.25) is 9.48 Å². The number of halogens is 2. The maximum atomic E-state index is 11.7. The Bertz CT molecular complexity index is 726. The quantitative estimate of drug-likeness (QED) is 0.460. The van der Waals surface area contributed by atoms with Crippen molar-refractivity contribution in [2.45, 2.75) is 26.4 Å². The first-order valence-corrected chi connectivity index (χ1v) is 7.47. The number of hydrogen-bond acceptors (Lipinski definition) is 5. The summed E-state index contributed by atoms with van der Waals surface area (Å²) in [4.78, 5) is 21.6. The number of nitro groups is 1. The molecule has 2 aromatic rings. The third-order valence-corrected chi connectivity index (χ3v) is 3.92. The normalized spacial score (nSPS) is 10.7. The van der Waals surface area contributed by atoms with Crippen LogP contribution in [-0.4, -0.2) is 36.9 Å². The van der Waals surface area contributed by atoms with Crippen LogP contribution in [0.2, 0.25) is 10.2 Å². The fourth-order valence-electron chi connectivity index (χ4n) is 1.88. The van der Waals surface area contributed by atoms with E-state index < -0.39 is 4.92 Å². The highest BCUT2D eigenvalue weighted by molar-refractivity contribution is 6.41. The summed E-state index contributed by atoms with van der Waals surface area (Å²) < 4.78 is 2.78. The van der Waals surface area contributed by atoms with Gasteiger partial charge in [0, 0.05) is 13.1 Å². The van der Waals surface area contributed by atoms with Gasteiger partial charge in [-0.1, -0.05) is 23.2 Å². The number of rotatable bonds is 7. The molecule has 0 saturated carbocycles. The highest BCUT2D eigenvalue weighted by Gasteiger charge is 2.13. The molecule has 0 radical (unpaired) electrons. The summed E-state index contributed by atoms with van der Waals surface area (Å²) in [6.07, 6.45) is 1.99. The van der Waals surface area contributed by atoms with Crippen molar-refractivity contribution in [2.24, 2.45) is 0 Å². The second-order valence-electron chi connectivity index (χ2n) is 4.75. The molecule has 2 aromatic heterocycles. The van der Waals surface area contributed by atoms with Gasteiger partial charge in [-0.05, 0) is 18.3 Å². The number of carbonyl (C=O) groups excluding carboxylic acids is 1. The van der Waals surface area contributed by atoms with Gasteiger partial charge in [-0.25, -0.2) is 0 Å². The zero-order valence-corrected chi connectivity index (χ0v) is 13.7. The Kier molecular flexibility index (Phi) is 5.56. The highest BCUT2D eigenvalue weighted by atomic mass is 35.5. The van der Waals surface area contributed by atoms with Crippen LogP contribution < -0.4 is 5.32 Å². The molecule has 0 aliphatic rings. The Morgan fingerprint density at radius 3 is 2.74 bits per heavy atom. The lowest BCUT2D eigenvalue weighted by molar-refractivity contribution is -0.389. The van der Waals surface area contributed by atoms with Gasteiger partial charge in [0.1, 0.15) is 16.7 Å². The molecule has 9 nitrogen and oxygen atoms in total. The maximum Gasteiger partial charge on any atom is 0.389 e. The molecule has 23 heavy (non-hydrogen) atoms. The van der Waals surface area contributed by atoms with Crippen molar-refractivity contribution < 1.29 is 9.72 Å². The molecule has 124 valence electrons. The molecule has 2 rings (SSSR count). The van der Waals surface area contributed by atoms with E-state index in [1.165, 1.54) is 16.9 Å². The van der Waals surface area contributed by atoms with Crippen molar-refractivity contribution in [2.75, 3.05) is 6.54 Å². The van der Waals surface area contributed by atoms with E-state index in [0.717, 1.165) is 0 Å². The molecule has 0 unspecified atom stereocenters. The molecule has 0 aromatic carbocycles. The average Bonchev–Trinajstić information content (AvgIpc) is 3.05. The fourth-order valence-corrected chi connectivity index (χ4v) is 2.27. The van der Waals surface area contributed by atoms with Gasteiger partial charge in [0.2, 0.25) is 5.91 Å². The van der Waals surface area contributed by atoms with Gasteiger partial charge >= 0.3 is 5.82 Å². The number of aryl methyl sites for hydroxylation is 2. The Morgan fingerprint density at radius 1 is 1.43 bits per heavy atom. The van der Waals surface area contributed by atoms with Crippen LogP contribution >= 0.6 is 23.2 Å². The Morgan fingerprint density at radius 2 is 2.17 bits per heavy atom. The predicted octanol–water partition coefficient (Wildman–Crippen LogP) is 1.81. The number of amides is 1. The zero-order valence-electron chi connectivity index (χ0n) is 12.2. The number of nitrogens with zero attached hydrogens (tertiary/aromatic N) is 5. The smallest absolute Gasteiger partial charge is 0.358 e. The van der Waals surface area contributed by atoms with Crippen LogP contribution in [0.15, 0.2) is 12.3 Å². The van der Waals surface area contributed by atoms with Crippen molar-refractivity contribution >= 4 is 34.9 Å². The first-order valence-electron chi connectivity index (χ1n) is 6.71. The largest absolute Gasteiger partial charge is 0.389 e. The molecule has 2 heterocycles. The van der Waals surface area contributed by atoms with E-state index in [4.69, 9.17) is 23.2 Å². The monoisotopic (exact) mass is 360 g/mol. The Balaban J connectivity index is 1.74. The minimum Gasteiger partial charge on any atom is -0.358 e. The second-order valence-corrected chi connectivity index (χ2v) is 5.48. The summed E-state index contributed by atoms with van der Waals surface area (Å²) >= 11 is 11.9. The van der Waals surface area contributed by atoms with Gasteiger partial charge in [-0.15, -0.1) is 0 Å². The first-order chi connectivity index (χ1) is 10.9. The number of nitrogens with one attached hydrogen (secondary N) is 1. The lowest BCUT2D eigenvalue weighted by atomic mass is 10.4. The van der Waals surface area contributed by atoms with Gasteiger partial charge in [0.25, 0.3) is 0 Å². The van der Waals surface area contributed by atoms with Crippen LogP contribution in [0.5, 0.6) is 0 Å². The van der Waals surface area contributed by atoms with Crippen LogP contribution in [0.1, 0.15) is 12.1 Å². The van der Waals surface area contributed by atoms with Gasteiger partial charge in [0.15, 0.2) is 0 Å². The molecule has 0 spiro atoms. The standard InChI is InChI=1S/C12H14Cl2N6O3/c1-8-11(13)12(14)19(16-8)5-2-4-15-10(21)7-18-6-3-9(17-18)20(22)23/h3,6H,2,4-5,7H2,1H3,(H,15,21). The topological polar surface area (TPSA) is 108 Å². The van der Waals surface area contributed by atoms with E-state index in [2.05, 4.69) is 15.5 Å². The summed E-state index contributed by atoms with van der Waals surface area (Å²) in [7, 11) is 0. The van der Waals surface area contributed by atoms with Crippen molar-refractivity contribution in [3.8, 4) is 0 Å². The van der Waals surface area contributed by atoms with Gasteiger partial charge < -0.3 is 15.4 Å². The second kappa shape index (κ2) is 7.42. The van der Waals surface area contributed by atoms with Crippen LogP contribution in [0.25, 0.3) is 0 Å². The predicted molar refractivity (Wildman–Crippen MR) is 83.5 cm³/mol. The third-order valence-electron chi connectivity index (χ3n) is 2.98. The molecule has 0 saturated heterocycles. The number of aromatic nitrogens is 4. The van der Waals surface area contributed by atoms with Crippen molar-refractivity contribution in [3.05, 3.63) is 38.2 Å². The summed E-state index contributed by atoms with van der Waals surface area (Å²) in [5.41, 5.74) is 0.654. The third kappa shape index (κ3) is 4.42. The van der Waals surface area contributed by atoms with Crippen LogP contribution in [0.3, 0.4) is 0 Å². The van der Waals surface area contributed by atoms with Crippen LogP contribution in [0, 0.1) is 17.0 Å². The van der Waals surface area contributed by atoms with Gasteiger partial charge in [0.05, 0.1) is 23.1 Å². The van der Waals surface area contributed by atoms with Crippen molar-refractivity contribution in [1.29, 1.82) is 0 Å². The highest BCUT2D eigenvalue weighted by Crippen LogP contribution is 2.24. The van der Waals surface area contributed by atoms with Crippen LogP contribution in [0.4, 0.5) is 5.82 Å². The Hall–Kier alpha value is -2.13. The minimum absolute atomic E-state index is 0.0820. The van der Waals surface area contributed by atoms with Crippen LogP contribution in [-0.2, 0) is 17.9 Å². The lowest BCUT2D eigenvalue weighted by Gasteiger charge is -2.05. The molecule has 0 aliphatic carbocycles. The lowest BCUT2D eigenvalue weighted by Crippen LogP contribution is -2.29. The number of carbonyl (C=O) groups is 1.